The van der Waals surface area contributed by atoms with E-state index in [9.17, 15) is 14.0 Å². The van der Waals surface area contributed by atoms with Gasteiger partial charge < -0.3 is 9.47 Å². The Morgan fingerprint density at radius 3 is 2.76 bits per heavy atom. The average molecular weight is 359 g/mol. The molecule has 2 aliphatic heterocycles. The predicted molar refractivity (Wildman–Crippen MR) is 90.0 cm³/mol. The number of carbonyl (C=O) groups excluding carboxylic acids is 2. The smallest absolute Gasteiger partial charge is 0.289 e. The molecule has 2 aliphatic rings. The number of hydrogen-bond acceptors (Lipinski definition) is 5. The zero-order chi connectivity index (χ0) is 17.4. The van der Waals surface area contributed by atoms with E-state index in [1.807, 2.05) is 12.1 Å². The molecule has 4 rings (SSSR count). The lowest BCUT2D eigenvalue weighted by molar-refractivity contribution is -0.127. The minimum absolute atomic E-state index is 0.0466. The second kappa shape index (κ2) is 6.40. The lowest BCUT2D eigenvalue weighted by Gasteiger charge is -2.14. The highest BCUT2D eigenvalue weighted by molar-refractivity contribution is 8.15. The van der Waals surface area contributed by atoms with E-state index in [0.717, 1.165) is 22.2 Å². The minimum atomic E-state index is -0.514. The third kappa shape index (κ3) is 3.07. The molecule has 0 aliphatic carbocycles. The maximum Gasteiger partial charge on any atom is 0.289 e. The molecule has 0 radical (unpaired) electrons. The van der Waals surface area contributed by atoms with Crippen molar-refractivity contribution in [1.82, 2.24) is 4.90 Å². The lowest BCUT2D eigenvalue weighted by atomic mass is 10.1. The number of amides is 2. The Labute approximate surface area is 147 Å². The fourth-order valence-corrected chi connectivity index (χ4v) is 3.88. The van der Waals surface area contributed by atoms with Gasteiger partial charge in [0.25, 0.3) is 5.24 Å². The Morgan fingerprint density at radius 1 is 1.12 bits per heavy atom. The first kappa shape index (κ1) is 16.0. The van der Waals surface area contributed by atoms with Crippen LogP contribution >= 0.6 is 11.8 Å². The van der Waals surface area contributed by atoms with Crippen LogP contribution in [0.25, 0.3) is 0 Å². The van der Waals surface area contributed by atoms with Crippen LogP contribution in [0.15, 0.2) is 42.5 Å². The van der Waals surface area contributed by atoms with Crippen LogP contribution in [0.1, 0.15) is 11.1 Å². The average Bonchev–Trinajstić information content (AvgIpc) is 3.16. The number of rotatable bonds is 4. The Balaban J connectivity index is 1.48. The van der Waals surface area contributed by atoms with Gasteiger partial charge >= 0.3 is 0 Å². The third-order valence-corrected chi connectivity index (χ3v) is 5.22. The van der Waals surface area contributed by atoms with Gasteiger partial charge in [0.2, 0.25) is 12.7 Å². The van der Waals surface area contributed by atoms with Gasteiger partial charge in [-0.2, -0.15) is 0 Å². The Morgan fingerprint density at radius 2 is 1.92 bits per heavy atom. The zero-order valence-corrected chi connectivity index (χ0v) is 13.9. The molecule has 0 saturated carbocycles. The summed E-state index contributed by atoms with van der Waals surface area (Å²) < 4.78 is 24.4. The normalized spacial score (nSPS) is 18.9. The van der Waals surface area contributed by atoms with Gasteiger partial charge in [0.1, 0.15) is 5.82 Å². The van der Waals surface area contributed by atoms with E-state index in [1.54, 1.807) is 24.3 Å². The van der Waals surface area contributed by atoms with Crippen LogP contribution in [0.5, 0.6) is 11.5 Å². The monoisotopic (exact) mass is 359 g/mol. The summed E-state index contributed by atoms with van der Waals surface area (Å²) in [6, 6.07) is 11.6. The third-order valence-electron chi connectivity index (χ3n) is 4.15. The van der Waals surface area contributed by atoms with Crippen LogP contribution in [0, 0.1) is 5.82 Å². The SMILES string of the molecule is O=C1S[C@@H](Cc2ccc3c(c2)OCO3)C(=O)N1Cc1ccccc1F. The van der Waals surface area contributed by atoms with E-state index in [0.29, 0.717) is 23.5 Å². The summed E-state index contributed by atoms with van der Waals surface area (Å²) in [4.78, 5) is 25.9. The van der Waals surface area contributed by atoms with Gasteiger partial charge in [-0.15, -0.1) is 0 Å². The molecule has 2 aromatic carbocycles. The molecule has 0 spiro atoms. The second-order valence-corrected chi connectivity index (χ2v) is 6.93. The van der Waals surface area contributed by atoms with Gasteiger partial charge in [0.15, 0.2) is 11.5 Å². The number of benzene rings is 2. The number of nitrogens with zero attached hydrogens (tertiary/aromatic N) is 1. The van der Waals surface area contributed by atoms with Gasteiger partial charge in [0.05, 0.1) is 11.8 Å². The maximum absolute atomic E-state index is 13.8. The highest BCUT2D eigenvalue weighted by atomic mass is 32.2. The summed E-state index contributed by atoms with van der Waals surface area (Å²) in [5.41, 5.74) is 1.21. The lowest BCUT2D eigenvalue weighted by Crippen LogP contribution is -2.32. The van der Waals surface area contributed by atoms with Crippen molar-refractivity contribution in [2.75, 3.05) is 6.79 Å². The summed E-state index contributed by atoms with van der Waals surface area (Å²) >= 11 is 0.978. The molecule has 1 fully saturated rings. The van der Waals surface area contributed by atoms with Crippen molar-refractivity contribution in [3.63, 3.8) is 0 Å². The van der Waals surface area contributed by atoms with E-state index in [4.69, 9.17) is 9.47 Å². The fourth-order valence-electron chi connectivity index (χ4n) is 2.85. The van der Waals surface area contributed by atoms with E-state index >= 15 is 0 Å². The van der Waals surface area contributed by atoms with Crippen LogP contribution in [0.2, 0.25) is 0 Å². The highest BCUT2D eigenvalue weighted by Crippen LogP contribution is 2.35. The number of carbonyl (C=O) groups is 2. The van der Waals surface area contributed by atoms with Crippen molar-refractivity contribution < 1.29 is 23.5 Å². The van der Waals surface area contributed by atoms with E-state index in [2.05, 4.69) is 0 Å². The highest BCUT2D eigenvalue weighted by Gasteiger charge is 2.39. The first-order chi connectivity index (χ1) is 12.1. The zero-order valence-electron chi connectivity index (χ0n) is 13.1. The van der Waals surface area contributed by atoms with Crippen molar-refractivity contribution in [3.8, 4) is 11.5 Å². The topological polar surface area (TPSA) is 55.8 Å². The van der Waals surface area contributed by atoms with Crippen molar-refractivity contribution >= 4 is 22.9 Å². The molecule has 2 aromatic rings. The Bertz CT molecular complexity index is 857. The van der Waals surface area contributed by atoms with E-state index < -0.39 is 11.1 Å². The van der Waals surface area contributed by atoms with Gasteiger partial charge in [-0.3, -0.25) is 14.5 Å². The molecule has 7 heteroatoms. The number of halogens is 1. The molecule has 25 heavy (non-hydrogen) atoms. The van der Waals surface area contributed by atoms with Crippen LogP contribution in [-0.2, 0) is 17.8 Å². The number of thioether (sulfide) groups is 1. The first-order valence-corrected chi connectivity index (χ1v) is 8.64. The van der Waals surface area contributed by atoms with E-state index in [-0.39, 0.29) is 24.5 Å². The van der Waals surface area contributed by atoms with Gasteiger partial charge in [0, 0.05) is 5.56 Å². The van der Waals surface area contributed by atoms with Crippen molar-refractivity contribution in [1.29, 1.82) is 0 Å². The predicted octanol–water partition coefficient (Wildman–Crippen LogP) is 3.36. The largest absolute Gasteiger partial charge is 0.454 e. The number of ether oxygens (including phenoxy) is 2. The number of hydrogen-bond donors (Lipinski definition) is 0. The molecule has 2 heterocycles. The second-order valence-electron chi connectivity index (χ2n) is 5.78. The fraction of sp³-hybridized carbons (Fsp3) is 0.222. The molecule has 5 nitrogen and oxygen atoms in total. The number of fused-ring (bicyclic) bond motifs is 1. The van der Waals surface area contributed by atoms with Crippen molar-refractivity contribution in [3.05, 3.63) is 59.4 Å². The summed E-state index contributed by atoms with van der Waals surface area (Å²) in [5, 5.41) is -0.862. The molecule has 0 N–H and O–H groups in total. The van der Waals surface area contributed by atoms with Crippen LogP contribution in [-0.4, -0.2) is 28.1 Å². The summed E-state index contributed by atoms with van der Waals surface area (Å²) in [6.07, 6.45) is 0.402. The molecule has 1 saturated heterocycles. The summed E-state index contributed by atoms with van der Waals surface area (Å²) in [6.45, 7) is 0.139. The molecule has 2 amide bonds. The maximum atomic E-state index is 13.8. The Hall–Kier alpha value is -2.54. The molecule has 0 unspecified atom stereocenters. The van der Waals surface area contributed by atoms with Crippen LogP contribution in [0.4, 0.5) is 9.18 Å². The quantitative estimate of drug-likeness (QED) is 0.838. The Kier molecular flexibility index (Phi) is 4.09. The van der Waals surface area contributed by atoms with Crippen molar-refractivity contribution in [2.24, 2.45) is 0 Å². The molecular formula is C18H14FNO4S. The molecule has 128 valence electrons. The first-order valence-electron chi connectivity index (χ1n) is 7.76. The molecular weight excluding hydrogens is 345 g/mol. The van der Waals surface area contributed by atoms with Gasteiger partial charge in [-0.1, -0.05) is 36.0 Å². The number of imide groups is 1. The summed E-state index contributed by atoms with van der Waals surface area (Å²) in [5.74, 6) is 0.595. The van der Waals surface area contributed by atoms with E-state index in [1.165, 1.54) is 6.07 Å². The standard InChI is InChI=1S/C18H14FNO4S/c19-13-4-2-1-3-12(13)9-20-17(21)16(25-18(20)22)8-11-5-6-14-15(7-11)24-10-23-14/h1-7,16H,8-10H2/t16-/m0/s1. The molecule has 0 bridgehead atoms. The van der Waals surface area contributed by atoms with Crippen molar-refractivity contribution in [2.45, 2.75) is 18.2 Å². The van der Waals surface area contributed by atoms with Gasteiger partial charge in [-0.25, -0.2) is 4.39 Å². The van der Waals surface area contributed by atoms with Crippen LogP contribution in [0.3, 0.4) is 0 Å². The minimum Gasteiger partial charge on any atom is -0.454 e. The molecule has 0 aromatic heterocycles. The summed E-state index contributed by atoms with van der Waals surface area (Å²) in [7, 11) is 0. The molecule has 1 atom stereocenters. The van der Waals surface area contributed by atoms with Gasteiger partial charge in [-0.05, 0) is 30.2 Å². The van der Waals surface area contributed by atoms with Crippen LogP contribution < -0.4 is 9.47 Å².